The number of carbonyl (C=O) groups is 1. The van der Waals surface area contributed by atoms with Crippen LogP contribution in [0.2, 0.25) is 5.02 Å². The number of hydrogen-bond donors (Lipinski definition) is 2. The van der Waals surface area contributed by atoms with Gasteiger partial charge in [0.25, 0.3) is 0 Å². The fourth-order valence-electron chi connectivity index (χ4n) is 2.51. The number of benzene rings is 1. The summed E-state index contributed by atoms with van der Waals surface area (Å²) in [5.74, 6) is 0.347. The molecule has 0 aliphatic carbocycles. The lowest BCUT2D eigenvalue weighted by molar-refractivity contribution is -0.123. The summed E-state index contributed by atoms with van der Waals surface area (Å²) in [6.07, 6.45) is 1.42. The third kappa shape index (κ3) is 5.30. The molecule has 0 saturated carbocycles. The lowest BCUT2D eigenvalue weighted by Crippen LogP contribution is -2.47. The molecule has 2 N–H and O–H groups in total. The molecule has 1 saturated heterocycles. The van der Waals surface area contributed by atoms with Gasteiger partial charge < -0.3 is 10.4 Å². The summed E-state index contributed by atoms with van der Waals surface area (Å²) in [7, 11) is 0. The average molecular weight is 311 g/mol. The first-order valence-corrected chi connectivity index (χ1v) is 7.84. The van der Waals surface area contributed by atoms with Crippen molar-refractivity contribution >= 4 is 17.5 Å². The average Bonchev–Trinajstić information content (AvgIpc) is 2.45. The summed E-state index contributed by atoms with van der Waals surface area (Å²) < 4.78 is 0. The van der Waals surface area contributed by atoms with Gasteiger partial charge in [0.15, 0.2) is 0 Å². The van der Waals surface area contributed by atoms with E-state index in [9.17, 15) is 9.90 Å². The van der Waals surface area contributed by atoms with E-state index in [4.69, 9.17) is 11.6 Å². The van der Waals surface area contributed by atoms with Crippen molar-refractivity contribution in [3.63, 3.8) is 0 Å². The molecule has 1 fully saturated rings. The second-order valence-electron chi connectivity index (χ2n) is 5.79. The molecule has 2 atom stereocenters. The quantitative estimate of drug-likeness (QED) is 0.870. The van der Waals surface area contributed by atoms with Crippen molar-refractivity contribution in [1.29, 1.82) is 0 Å². The second-order valence-corrected chi connectivity index (χ2v) is 6.23. The van der Waals surface area contributed by atoms with E-state index in [2.05, 4.69) is 5.32 Å². The van der Waals surface area contributed by atoms with E-state index < -0.39 is 0 Å². The van der Waals surface area contributed by atoms with Crippen molar-refractivity contribution in [2.75, 3.05) is 26.2 Å². The minimum atomic E-state index is -0.319. The van der Waals surface area contributed by atoms with Gasteiger partial charge in [-0.15, -0.1) is 0 Å². The third-order valence-corrected chi connectivity index (χ3v) is 4.27. The van der Waals surface area contributed by atoms with Crippen LogP contribution in [-0.4, -0.2) is 48.2 Å². The maximum absolute atomic E-state index is 11.9. The summed E-state index contributed by atoms with van der Waals surface area (Å²) in [5.41, 5.74) is 1.15. The number of hydrogen-bond acceptors (Lipinski definition) is 3. The smallest absolute Gasteiger partial charge is 0.234 e. The number of aliphatic hydroxyl groups is 1. The SMILES string of the molecule is CC1CCN(CC(=O)NCCc2ccc(Cl)cc2)CC1O. The van der Waals surface area contributed by atoms with Crippen molar-refractivity contribution in [1.82, 2.24) is 10.2 Å². The van der Waals surface area contributed by atoms with Gasteiger partial charge in [-0.25, -0.2) is 0 Å². The van der Waals surface area contributed by atoms with Crippen LogP contribution < -0.4 is 5.32 Å². The lowest BCUT2D eigenvalue weighted by atomic mass is 9.96. The van der Waals surface area contributed by atoms with Gasteiger partial charge in [-0.2, -0.15) is 0 Å². The van der Waals surface area contributed by atoms with Gasteiger partial charge in [0.05, 0.1) is 12.6 Å². The van der Waals surface area contributed by atoms with Crippen molar-refractivity contribution in [2.24, 2.45) is 5.92 Å². The number of carbonyl (C=O) groups excluding carboxylic acids is 1. The van der Waals surface area contributed by atoms with Crippen LogP contribution in [-0.2, 0) is 11.2 Å². The highest BCUT2D eigenvalue weighted by Gasteiger charge is 2.25. The normalized spacial score (nSPS) is 23.0. The highest BCUT2D eigenvalue weighted by atomic mass is 35.5. The summed E-state index contributed by atoms with van der Waals surface area (Å²) in [6, 6.07) is 7.65. The molecule has 21 heavy (non-hydrogen) atoms. The molecule has 1 aromatic rings. The molecule has 0 radical (unpaired) electrons. The number of likely N-dealkylation sites (tertiary alicyclic amines) is 1. The molecule has 2 unspecified atom stereocenters. The van der Waals surface area contributed by atoms with Crippen LogP contribution in [0, 0.1) is 5.92 Å². The Kier molecular flexibility index (Phi) is 6.03. The number of piperidine rings is 1. The number of β-amino-alcohol motifs (C(OH)–C–C–N with tert-alkyl or cyclic N) is 1. The summed E-state index contributed by atoms with van der Waals surface area (Å²) >= 11 is 5.83. The van der Waals surface area contributed by atoms with Gasteiger partial charge >= 0.3 is 0 Å². The van der Waals surface area contributed by atoms with E-state index >= 15 is 0 Å². The van der Waals surface area contributed by atoms with E-state index in [1.807, 2.05) is 36.1 Å². The van der Waals surface area contributed by atoms with Crippen LogP contribution in [0.15, 0.2) is 24.3 Å². The Labute approximate surface area is 131 Å². The first kappa shape index (κ1) is 16.3. The molecule has 1 aromatic carbocycles. The van der Waals surface area contributed by atoms with Crippen LogP contribution >= 0.6 is 11.6 Å². The monoisotopic (exact) mass is 310 g/mol. The van der Waals surface area contributed by atoms with E-state index in [0.29, 0.717) is 25.6 Å². The molecule has 0 spiro atoms. The molecule has 116 valence electrons. The van der Waals surface area contributed by atoms with Gasteiger partial charge in [0, 0.05) is 18.1 Å². The number of aliphatic hydroxyl groups excluding tert-OH is 1. The lowest BCUT2D eigenvalue weighted by Gasteiger charge is -2.33. The van der Waals surface area contributed by atoms with Crippen molar-refractivity contribution in [2.45, 2.75) is 25.9 Å². The Hall–Kier alpha value is -1.10. The highest BCUT2D eigenvalue weighted by Crippen LogP contribution is 2.16. The summed E-state index contributed by atoms with van der Waals surface area (Å²) in [4.78, 5) is 13.9. The summed E-state index contributed by atoms with van der Waals surface area (Å²) in [5, 5.41) is 13.5. The molecular weight excluding hydrogens is 288 g/mol. The number of rotatable bonds is 5. The number of nitrogens with zero attached hydrogens (tertiary/aromatic N) is 1. The maximum Gasteiger partial charge on any atom is 0.234 e. The predicted molar refractivity (Wildman–Crippen MR) is 84.4 cm³/mol. The standard InChI is InChI=1S/C16H23ClN2O2/c1-12-7-9-19(10-15(12)20)11-16(21)18-8-6-13-2-4-14(17)5-3-13/h2-5,12,15,20H,6-11H2,1H3,(H,18,21). The second kappa shape index (κ2) is 7.78. The van der Waals surface area contributed by atoms with E-state index in [1.165, 1.54) is 0 Å². The molecular formula is C16H23ClN2O2. The Balaban J connectivity index is 1.67. The molecule has 0 aromatic heterocycles. The zero-order valence-electron chi connectivity index (χ0n) is 12.4. The Morgan fingerprint density at radius 2 is 2.14 bits per heavy atom. The van der Waals surface area contributed by atoms with Crippen LogP contribution in [0.1, 0.15) is 18.9 Å². The van der Waals surface area contributed by atoms with Gasteiger partial charge in [0.1, 0.15) is 0 Å². The van der Waals surface area contributed by atoms with Gasteiger partial charge in [-0.3, -0.25) is 9.69 Å². The van der Waals surface area contributed by atoms with E-state index in [-0.39, 0.29) is 12.0 Å². The Bertz CT molecular complexity index is 464. The van der Waals surface area contributed by atoms with Crippen LogP contribution in [0.25, 0.3) is 0 Å². The Morgan fingerprint density at radius 1 is 1.43 bits per heavy atom. The first-order valence-electron chi connectivity index (χ1n) is 7.46. The van der Waals surface area contributed by atoms with Crippen LogP contribution in [0.5, 0.6) is 0 Å². The van der Waals surface area contributed by atoms with Crippen molar-refractivity contribution in [3.05, 3.63) is 34.9 Å². The minimum absolute atomic E-state index is 0.0192. The molecule has 5 heteroatoms. The van der Waals surface area contributed by atoms with Gasteiger partial charge in [0.2, 0.25) is 5.91 Å². The Morgan fingerprint density at radius 3 is 2.81 bits per heavy atom. The third-order valence-electron chi connectivity index (χ3n) is 4.02. The minimum Gasteiger partial charge on any atom is -0.392 e. The van der Waals surface area contributed by atoms with Crippen molar-refractivity contribution < 1.29 is 9.90 Å². The number of amides is 1. The zero-order chi connectivity index (χ0) is 15.2. The van der Waals surface area contributed by atoms with Gasteiger partial charge in [-0.1, -0.05) is 30.7 Å². The molecule has 1 aliphatic rings. The molecule has 4 nitrogen and oxygen atoms in total. The molecule has 2 rings (SSSR count). The van der Waals surface area contributed by atoms with Gasteiger partial charge in [-0.05, 0) is 43.0 Å². The van der Waals surface area contributed by atoms with E-state index in [1.54, 1.807) is 0 Å². The predicted octanol–water partition coefficient (Wildman–Crippen LogP) is 1.70. The largest absolute Gasteiger partial charge is 0.392 e. The van der Waals surface area contributed by atoms with E-state index in [0.717, 1.165) is 30.0 Å². The van der Waals surface area contributed by atoms with Crippen LogP contribution in [0.3, 0.4) is 0 Å². The molecule has 1 amide bonds. The molecule has 0 bridgehead atoms. The summed E-state index contributed by atoms with van der Waals surface area (Å²) in [6.45, 7) is 4.50. The van der Waals surface area contributed by atoms with Crippen molar-refractivity contribution in [3.8, 4) is 0 Å². The zero-order valence-corrected chi connectivity index (χ0v) is 13.1. The fourth-order valence-corrected chi connectivity index (χ4v) is 2.64. The number of nitrogens with one attached hydrogen (secondary N) is 1. The first-order chi connectivity index (χ1) is 10.0. The topological polar surface area (TPSA) is 52.6 Å². The molecule has 1 aliphatic heterocycles. The maximum atomic E-state index is 11.9. The highest BCUT2D eigenvalue weighted by molar-refractivity contribution is 6.30. The molecule has 1 heterocycles. The number of halogens is 1. The van der Waals surface area contributed by atoms with Crippen LogP contribution in [0.4, 0.5) is 0 Å². The fraction of sp³-hybridized carbons (Fsp3) is 0.562.